The second-order valence-corrected chi connectivity index (χ2v) is 5.44. The van der Waals surface area contributed by atoms with Crippen LogP contribution in [0.25, 0.3) is 0 Å². The number of rotatable bonds is 6. The average molecular weight is 260 g/mol. The van der Waals surface area contributed by atoms with E-state index in [1.54, 1.807) is 6.07 Å². The molecule has 17 heavy (non-hydrogen) atoms. The molecule has 1 aromatic carbocycles. The Labute approximate surface area is 103 Å². The number of hydrogen-bond acceptors (Lipinski definition) is 3. The predicted molar refractivity (Wildman–Crippen MR) is 64.8 cm³/mol. The Morgan fingerprint density at radius 2 is 2.06 bits per heavy atom. The summed E-state index contributed by atoms with van der Waals surface area (Å²) in [4.78, 5) is 0.121. The van der Waals surface area contributed by atoms with E-state index >= 15 is 0 Å². The molecule has 0 heterocycles. The molecule has 0 saturated heterocycles. The Hall–Kier alpha value is -0.780. The van der Waals surface area contributed by atoms with Crippen LogP contribution in [0.1, 0.15) is 13.8 Å². The van der Waals surface area contributed by atoms with Gasteiger partial charge in [0.15, 0.2) is 0 Å². The minimum atomic E-state index is -1.54. The Balaban J connectivity index is 2.52. The molecule has 0 bridgehead atoms. The second-order valence-electron chi connectivity index (χ2n) is 3.98. The van der Waals surface area contributed by atoms with Crippen molar-refractivity contribution >= 4 is 10.8 Å². The van der Waals surface area contributed by atoms with Crippen LogP contribution in [0.3, 0.4) is 0 Å². The number of benzene rings is 1. The van der Waals surface area contributed by atoms with E-state index in [2.05, 4.69) is 0 Å². The summed E-state index contributed by atoms with van der Waals surface area (Å²) in [6.07, 6.45) is -0.843. The molecule has 0 saturated carbocycles. The van der Waals surface area contributed by atoms with Crippen LogP contribution in [0, 0.1) is 5.82 Å². The van der Waals surface area contributed by atoms with E-state index < -0.39 is 22.7 Å². The number of hydrogen-bond donors (Lipinski definition) is 1. The number of ether oxygens (including phenoxy) is 1. The largest absolute Gasteiger partial charge is 0.390 e. The molecule has 0 aliphatic heterocycles. The third kappa shape index (κ3) is 4.93. The lowest BCUT2D eigenvalue weighted by atomic mass is 10.3. The summed E-state index contributed by atoms with van der Waals surface area (Å²) in [5, 5.41) is 9.58. The van der Waals surface area contributed by atoms with Crippen LogP contribution < -0.4 is 0 Å². The Bertz CT molecular complexity index is 382. The summed E-state index contributed by atoms with van der Waals surface area (Å²) in [7, 11) is -1.54. The molecule has 0 aliphatic rings. The van der Waals surface area contributed by atoms with Gasteiger partial charge in [-0.05, 0) is 26.0 Å². The molecular formula is C12H17FO3S. The molecule has 0 aliphatic carbocycles. The third-order valence-corrected chi connectivity index (χ3v) is 3.56. The Morgan fingerprint density at radius 3 is 2.65 bits per heavy atom. The Morgan fingerprint density at radius 1 is 1.41 bits per heavy atom. The standard InChI is InChI=1S/C12H17FO3S/c1-9(2)16-7-10(14)8-17(15)12-6-4-3-5-11(12)13/h3-6,9-10,14H,7-8H2,1-2H3. The van der Waals surface area contributed by atoms with Gasteiger partial charge in [-0.25, -0.2) is 4.39 Å². The van der Waals surface area contributed by atoms with Crippen LogP contribution >= 0.6 is 0 Å². The normalized spacial score (nSPS) is 14.9. The summed E-state index contributed by atoms with van der Waals surface area (Å²) in [5.74, 6) is -0.531. The fraction of sp³-hybridized carbons (Fsp3) is 0.500. The molecule has 2 unspecified atom stereocenters. The maximum atomic E-state index is 13.3. The zero-order valence-corrected chi connectivity index (χ0v) is 10.7. The first kappa shape index (κ1) is 14.3. The topological polar surface area (TPSA) is 46.5 Å². The highest BCUT2D eigenvalue weighted by Gasteiger charge is 2.15. The maximum absolute atomic E-state index is 13.3. The molecule has 1 N–H and O–H groups in total. The first-order chi connectivity index (χ1) is 8.00. The van der Waals surface area contributed by atoms with E-state index in [-0.39, 0.29) is 23.4 Å². The molecule has 1 rings (SSSR count). The van der Waals surface area contributed by atoms with Gasteiger partial charge in [0.2, 0.25) is 0 Å². The van der Waals surface area contributed by atoms with Crippen LogP contribution in [-0.4, -0.2) is 33.9 Å². The number of aliphatic hydroxyl groups excluding tert-OH is 1. The zero-order chi connectivity index (χ0) is 12.8. The molecular weight excluding hydrogens is 243 g/mol. The summed E-state index contributed by atoms with van der Waals surface area (Å²) < 4.78 is 30.3. The van der Waals surface area contributed by atoms with Crippen molar-refractivity contribution in [1.82, 2.24) is 0 Å². The summed E-state index contributed by atoms with van der Waals surface area (Å²) in [6, 6.07) is 5.87. The van der Waals surface area contributed by atoms with E-state index in [1.165, 1.54) is 18.2 Å². The molecule has 1 aromatic rings. The molecule has 0 spiro atoms. The van der Waals surface area contributed by atoms with Crippen LogP contribution in [0.2, 0.25) is 0 Å². The molecule has 96 valence electrons. The van der Waals surface area contributed by atoms with Crippen LogP contribution in [0.4, 0.5) is 4.39 Å². The van der Waals surface area contributed by atoms with E-state index in [1.807, 2.05) is 13.8 Å². The van der Waals surface area contributed by atoms with Gasteiger partial charge in [0, 0.05) is 0 Å². The van der Waals surface area contributed by atoms with Gasteiger partial charge in [0.25, 0.3) is 0 Å². The molecule has 0 radical (unpaired) electrons. The van der Waals surface area contributed by atoms with Gasteiger partial charge >= 0.3 is 0 Å². The van der Waals surface area contributed by atoms with Gasteiger partial charge in [-0.3, -0.25) is 4.21 Å². The van der Waals surface area contributed by atoms with Crippen LogP contribution in [-0.2, 0) is 15.5 Å². The minimum Gasteiger partial charge on any atom is -0.390 e. The lowest BCUT2D eigenvalue weighted by Gasteiger charge is -2.13. The fourth-order valence-corrected chi connectivity index (χ4v) is 2.39. The van der Waals surface area contributed by atoms with E-state index in [4.69, 9.17) is 4.74 Å². The summed E-state index contributed by atoms with van der Waals surface area (Å²) >= 11 is 0. The molecule has 0 aromatic heterocycles. The van der Waals surface area contributed by atoms with Gasteiger partial charge in [0.05, 0.1) is 40.3 Å². The lowest BCUT2D eigenvalue weighted by molar-refractivity contribution is 0.0149. The first-order valence-corrected chi connectivity index (χ1v) is 6.75. The van der Waals surface area contributed by atoms with Crippen molar-refractivity contribution in [3.05, 3.63) is 30.1 Å². The van der Waals surface area contributed by atoms with Crippen molar-refractivity contribution in [3.8, 4) is 0 Å². The highest BCUT2D eigenvalue weighted by Crippen LogP contribution is 2.12. The van der Waals surface area contributed by atoms with E-state index in [9.17, 15) is 13.7 Å². The third-order valence-electron chi connectivity index (χ3n) is 2.05. The van der Waals surface area contributed by atoms with Crippen LogP contribution in [0.15, 0.2) is 29.2 Å². The van der Waals surface area contributed by atoms with Gasteiger partial charge in [-0.2, -0.15) is 0 Å². The van der Waals surface area contributed by atoms with Crippen molar-refractivity contribution in [3.63, 3.8) is 0 Å². The van der Waals surface area contributed by atoms with Crippen molar-refractivity contribution in [2.45, 2.75) is 31.0 Å². The van der Waals surface area contributed by atoms with Crippen LogP contribution in [0.5, 0.6) is 0 Å². The van der Waals surface area contributed by atoms with Gasteiger partial charge in [-0.1, -0.05) is 12.1 Å². The molecule has 0 fully saturated rings. The smallest absolute Gasteiger partial charge is 0.139 e. The van der Waals surface area contributed by atoms with E-state index in [0.29, 0.717) is 0 Å². The van der Waals surface area contributed by atoms with E-state index in [0.717, 1.165) is 0 Å². The fourth-order valence-electron chi connectivity index (χ4n) is 1.25. The first-order valence-electron chi connectivity index (χ1n) is 5.43. The van der Waals surface area contributed by atoms with Gasteiger partial charge in [0.1, 0.15) is 5.82 Å². The average Bonchev–Trinajstić information content (AvgIpc) is 2.26. The highest BCUT2D eigenvalue weighted by molar-refractivity contribution is 7.85. The van der Waals surface area contributed by atoms with Crippen molar-refractivity contribution in [2.24, 2.45) is 0 Å². The van der Waals surface area contributed by atoms with Gasteiger partial charge < -0.3 is 9.84 Å². The number of aliphatic hydroxyl groups is 1. The molecule has 5 heteroatoms. The number of halogens is 1. The summed E-state index contributed by atoms with van der Waals surface area (Å²) in [6.45, 7) is 3.80. The second kappa shape index (κ2) is 6.83. The predicted octanol–water partition coefficient (Wildman–Crippen LogP) is 1.72. The summed E-state index contributed by atoms with van der Waals surface area (Å²) in [5.41, 5.74) is 0. The molecule has 2 atom stereocenters. The molecule has 0 amide bonds. The lowest BCUT2D eigenvalue weighted by Crippen LogP contribution is -2.24. The zero-order valence-electron chi connectivity index (χ0n) is 9.93. The Kier molecular flexibility index (Phi) is 5.74. The van der Waals surface area contributed by atoms with Gasteiger partial charge in [-0.15, -0.1) is 0 Å². The molecule has 3 nitrogen and oxygen atoms in total. The monoisotopic (exact) mass is 260 g/mol. The van der Waals surface area contributed by atoms with Crippen molar-refractivity contribution in [1.29, 1.82) is 0 Å². The SMILES string of the molecule is CC(C)OCC(O)CS(=O)c1ccccc1F. The van der Waals surface area contributed by atoms with Crippen molar-refractivity contribution in [2.75, 3.05) is 12.4 Å². The quantitative estimate of drug-likeness (QED) is 0.847. The highest BCUT2D eigenvalue weighted by atomic mass is 32.2. The maximum Gasteiger partial charge on any atom is 0.139 e. The van der Waals surface area contributed by atoms with Crippen molar-refractivity contribution < 1.29 is 18.4 Å². The minimum absolute atomic E-state index is 0.00606.